The number of carbonyl (C=O) groups excluding carboxylic acids is 1. The van der Waals surface area contributed by atoms with Gasteiger partial charge in [-0.25, -0.2) is 5.43 Å². The monoisotopic (exact) mass is 268 g/mol. The number of rotatable bonds is 7. The Bertz CT molecular complexity index is 365. The maximum Gasteiger partial charge on any atom is 0.260 e. The third-order valence-electron chi connectivity index (χ3n) is 2.45. The average Bonchev–Trinajstić information content (AvgIpc) is 2.34. The molecule has 0 unspecified atom stereocenters. The molecule has 1 aromatic rings. The average molecular weight is 269 g/mol. The van der Waals surface area contributed by atoms with Gasteiger partial charge in [0.25, 0.3) is 5.91 Å². The Kier molecular flexibility index (Phi) is 8.97. The fraction of sp³-hybridized carbons (Fsp3) is 0.357. The number of amides is 1. The maximum absolute atomic E-state index is 11.1. The van der Waals surface area contributed by atoms with Gasteiger partial charge in [0.1, 0.15) is 0 Å². The van der Waals surface area contributed by atoms with E-state index >= 15 is 0 Å². The van der Waals surface area contributed by atoms with Crippen molar-refractivity contribution in [3.63, 3.8) is 0 Å². The van der Waals surface area contributed by atoms with Gasteiger partial charge < -0.3 is 0 Å². The van der Waals surface area contributed by atoms with Crippen LogP contribution in [-0.4, -0.2) is 12.5 Å². The zero-order valence-corrected chi connectivity index (χ0v) is 11.6. The maximum atomic E-state index is 11.1. The lowest BCUT2D eigenvalue weighted by Gasteiger charge is -2.06. The van der Waals surface area contributed by atoms with Crippen LogP contribution in [0.15, 0.2) is 42.5 Å². The molecule has 2 N–H and O–H groups in total. The Labute approximate surface area is 115 Å². The Hall–Kier alpha value is -1.32. The molecule has 3 nitrogen and oxygen atoms in total. The molecule has 0 fully saturated rings. The van der Waals surface area contributed by atoms with Gasteiger partial charge in [-0.3, -0.25) is 10.2 Å². The Morgan fingerprint density at radius 3 is 2.50 bits per heavy atom. The zero-order chi connectivity index (χ0) is 12.5. The highest BCUT2D eigenvalue weighted by Crippen LogP contribution is 2.03. The quantitative estimate of drug-likeness (QED) is 0.453. The molecule has 0 bridgehead atoms. The lowest BCUT2D eigenvalue weighted by Crippen LogP contribution is -2.38. The van der Waals surface area contributed by atoms with Crippen molar-refractivity contribution in [1.82, 2.24) is 10.9 Å². The molecule has 0 aliphatic heterocycles. The van der Waals surface area contributed by atoms with Crippen LogP contribution in [0.2, 0.25) is 0 Å². The molecular formula is C14H21ClN2O. The standard InChI is InChI=1S/C14H20N2O.ClH/c1-12(2)14(17)16-15-11-7-6-10-13-8-4-3-5-9-13;/h3-5,8-9,15H,1,6-7,10-11H2,2H3,(H,16,17);1H. The number of hydrogen-bond acceptors (Lipinski definition) is 2. The molecule has 0 spiro atoms. The molecule has 1 aromatic carbocycles. The molecule has 1 amide bonds. The second-order valence-electron chi connectivity index (χ2n) is 4.10. The SMILES string of the molecule is C=C(C)C(=O)NNCCCCc1ccccc1.Cl. The van der Waals surface area contributed by atoms with Crippen LogP contribution >= 0.6 is 12.4 Å². The molecule has 0 aromatic heterocycles. The molecule has 0 saturated carbocycles. The zero-order valence-electron chi connectivity index (χ0n) is 10.7. The number of hydrazine groups is 1. The summed E-state index contributed by atoms with van der Waals surface area (Å²) in [6.45, 7) is 6.03. The summed E-state index contributed by atoms with van der Waals surface area (Å²) in [5.41, 5.74) is 7.36. The van der Waals surface area contributed by atoms with Crippen LogP contribution in [-0.2, 0) is 11.2 Å². The van der Waals surface area contributed by atoms with Crippen molar-refractivity contribution in [3.05, 3.63) is 48.0 Å². The van der Waals surface area contributed by atoms with Crippen molar-refractivity contribution in [3.8, 4) is 0 Å². The predicted molar refractivity (Wildman–Crippen MR) is 77.6 cm³/mol. The summed E-state index contributed by atoms with van der Waals surface area (Å²) in [5.74, 6) is -0.145. The van der Waals surface area contributed by atoms with Crippen molar-refractivity contribution in [2.45, 2.75) is 26.2 Å². The number of nitrogens with one attached hydrogen (secondary N) is 2. The van der Waals surface area contributed by atoms with Gasteiger partial charge in [-0.2, -0.15) is 0 Å². The van der Waals surface area contributed by atoms with E-state index in [2.05, 4.69) is 41.7 Å². The van der Waals surface area contributed by atoms with Gasteiger partial charge in [0, 0.05) is 12.1 Å². The fourth-order valence-electron chi connectivity index (χ4n) is 1.44. The Morgan fingerprint density at radius 2 is 1.89 bits per heavy atom. The van der Waals surface area contributed by atoms with Crippen LogP contribution in [0.3, 0.4) is 0 Å². The van der Waals surface area contributed by atoms with Crippen LogP contribution in [0.5, 0.6) is 0 Å². The molecule has 4 heteroatoms. The van der Waals surface area contributed by atoms with Crippen LogP contribution in [0.4, 0.5) is 0 Å². The number of halogens is 1. The molecular weight excluding hydrogens is 248 g/mol. The number of benzene rings is 1. The molecule has 0 radical (unpaired) electrons. The van der Waals surface area contributed by atoms with Crippen molar-refractivity contribution >= 4 is 18.3 Å². The highest BCUT2D eigenvalue weighted by atomic mass is 35.5. The third kappa shape index (κ3) is 7.09. The lowest BCUT2D eigenvalue weighted by atomic mass is 10.1. The highest BCUT2D eigenvalue weighted by Gasteiger charge is 1.98. The van der Waals surface area contributed by atoms with E-state index in [1.807, 2.05) is 6.07 Å². The van der Waals surface area contributed by atoms with Gasteiger partial charge >= 0.3 is 0 Å². The molecule has 0 heterocycles. The van der Waals surface area contributed by atoms with Crippen LogP contribution in [0.1, 0.15) is 25.3 Å². The first-order valence-corrected chi connectivity index (χ1v) is 5.93. The first-order valence-electron chi connectivity index (χ1n) is 5.93. The largest absolute Gasteiger partial charge is 0.288 e. The van der Waals surface area contributed by atoms with Crippen molar-refractivity contribution in [1.29, 1.82) is 0 Å². The van der Waals surface area contributed by atoms with Crippen molar-refractivity contribution in [2.75, 3.05) is 6.54 Å². The second kappa shape index (κ2) is 9.68. The first kappa shape index (κ1) is 16.7. The second-order valence-corrected chi connectivity index (χ2v) is 4.10. The van der Waals surface area contributed by atoms with E-state index in [4.69, 9.17) is 0 Å². The third-order valence-corrected chi connectivity index (χ3v) is 2.45. The summed E-state index contributed by atoms with van der Waals surface area (Å²) in [4.78, 5) is 11.1. The predicted octanol–water partition coefficient (Wildman–Crippen LogP) is 2.63. The minimum absolute atomic E-state index is 0. The van der Waals surface area contributed by atoms with Gasteiger partial charge in [0.2, 0.25) is 0 Å². The number of hydrogen-bond donors (Lipinski definition) is 2. The molecule has 1 rings (SSSR count). The Balaban J connectivity index is 0.00000289. The van der Waals surface area contributed by atoms with E-state index in [9.17, 15) is 4.79 Å². The van der Waals surface area contributed by atoms with Gasteiger partial charge in [-0.05, 0) is 31.7 Å². The van der Waals surface area contributed by atoms with Crippen molar-refractivity contribution < 1.29 is 4.79 Å². The van der Waals surface area contributed by atoms with E-state index in [0.717, 1.165) is 25.8 Å². The van der Waals surface area contributed by atoms with Gasteiger partial charge in [-0.1, -0.05) is 36.9 Å². The highest BCUT2D eigenvalue weighted by molar-refractivity contribution is 5.91. The topological polar surface area (TPSA) is 41.1 Å². The summed E-state index contributed by atoms with van der Waals surface area (Å²) in [6, 6.07) is 10.4. The van der Waals surface area contributed by atoms with E-state index in [0.29, 0.717) is 5.57 Å². The normalized spacial score (nSPS) is 9.39. The summed E-state index contributed by atoms with van der Waals surface area (Å²) < 4.78 is 0. The van der Waals surface area contributed by atoms with Gasteiger partial charge in [0.05, 0.1) is 0 Å². The molecule has 100 valence electrons. The van der Waals surface area contributed by atoms with E-state index in [1.54, 1.807) is 6.92 Å². The minimum atomic E-state index is -0.145. The molecule has 0 atom stereocenters. The smallest absolute Gasteiger partial charge is 0.260 e. The summed E-state index contributed by atoms with van der Waals surface area (Å²) >= 11 is 0. The van der Waals surface area contributed by atoms with Crippen molar-refractivity contribution in [2.24, 2.45) is 0 Å². The van der Waals surface area contributed by atoms with Crippen LogP contribution in [0.25, 0.3) is 0 Å². The molecule has 0 saturated heterocycles. The lowest BCUT2D eigenvalue weighted by molar-refractivity contribution is -0.118. The van der Waals surface area contributed by atoms with Gasteiger partial charge in [-0.15, -0.1) is 12.4 Å². The van der Waals surface area contributed by atoms with E-state index < -0.39 is 0 Å². The molecule has 18 heavy (non-hydrogen) atoms. The number of aryl methyl sites for hydroxylation is 1. The van der Waals surface area contributed by atoms with Crippen LogP contribution in [0, 0.1) is 0 Å². The molecule has 0 aliphatic rings. The molecule has 0 aliphatic carbocycles. The first-order chi connectivity index (χ1) is 8.20. The number of carbonyl (C=O) groups is 1. The minimum Gasteiger partial charge on any atom is -0.288 e. The number of unbranched alkanes of at least 4 members (excludes halogenated alkanes) is 1. The summed E-state index contributed by atoms with van der Waals surface area (Å²) in [7, 11) is 0. The summed E-state index contributed by atoms with van der Waals surface area (Å²) in [5, 5.41) is 0. The van der Waals surface area contributed by atoms with Gasteiger partial charge in [0.15, 0.2) is 0 Å². The van der Waals surface area contributed by atoms with E-state index in [-0.39, 0.29) is 18.3 Å². The van der Waals surface area contributed by atoms with Crippen LogP contribution < -0.4 is 10.9 Å². The van der Waals surface area contributed by atoms with E-state index in [1.165, 1.54) is 5.56 Å². The Morgan fingerprint density at radius 1 is 1.22 bits per heavy atom. The summed E-state index contributed by atoms with van der Waals surface area (Å²) in [6.07, 6.45) is 3.22. The fourth-order valence-corrected chi connectivity index (χ4v) is 1.44.